The van der Waals surface area contributed by atoms with Crippen LogP contribution in [0.3, 0.4) is 0 Å². The first-order valence-electron chi connectivity index (χ1n) is 6.95. The van der Waals surface area contributed by atoms with Crippen LogP contribution < -0.4 is 0 Å². The third-order valence-corrected chi connectivity index (χ3v) is 7.21. The van der Waals surface area contributed by atoms with E-state index in [1.54, 1.807) is 0 Å². The van der Waals surface area contributed by atoms with Gasteiger partial charge in [-0.2, -0.15) is 5.26 Å². The lowest BCUT2D eigenvalue weighted by Gasteiger charge is -2.50. The van der Waals surface area contributed by atoms with Gasteiger partial charge in [0.1, 0.15) is 16.5 Å². The van der Waals surface area contributed by atoms with Crippen LogP contribution in [0.4, 0.5) is 8.78 Å². The molecule has 3 rings (SSSR count). The maximum atomic E-state index is 13.8. The number of sulfone groups is 1. The maximum absolute atomic E-state index is 13.8. The molecular weight excluding hydrogens is 296 g/mol. The molecular formula is C15H15F2NO2S. The fourth-order valence-electron chi connectivity index (χ4n) is 3.87. The molecule has 1 aromatic carbocycles. The van der Waals surface area contributed by atoms with Crippen LogP contribution in [0.15, 0.2) is 23.1 Å². The number of rotatable bonds is 2. The molecule has 0 aliphatic heterocycles. The van der Waals surface area contributed by atoms with Crippen molar-refractivity contribution < 1.29 is 17.2 Å². The average molecular weight is 311 g/mol. The molecule has 0 saturated heterocycles. The van der Waals surface area contributed by atoms with Gasteiger partial charge in [-0.05, 0) is 43.2 Å². The van der Waals surface area contributed by atoms with Crippen LogP contribution in [0.25, 0.3) is 0 Å². The normalized spacial score (nSPS) is 22.7. The number of halogens is 2. The van der Waals surface area contributed by atoms with Gasteiger partial charge in [-0.1, -0.05) is 12.8 Å². The Hall–Kier alpha value is -1.48. The monoisotopic (exact) mass is 311 g/mol. The van der Waals surface area contributed by atoms with Crippen molar-refractivity contribution in [3.8, 4) is 6.07 Å². The third kappa shape index (κ3) is 1.98. The summed E-state index contributed by atoms with van der Waals surface area (Å²) in [6.07, 6.45) is 4.47. The van der Waals surface area contributed by atoms with Crippen LogP contribution in [-0.4, -0.2) is 13.2 Å². The van der Waals surface area contributed by atoms with Crippen LogP contribution in [0.2, 0.25) is 0 Å². The molecule has 3 nitrogen and oxygen atoms in total. The minimum atomic E-state index is -4.13. The second-order valence-corrected chi connectivity index (χ2v) is 8.47. The van der Waals surface area contributed by atoms with Crippen molar-refractivity contribution in [1.82, 2.24) is 0 Å². The second-order valence-electron chi connectivity index (χ2n) is 6.24. The summed E-state index contributed by atoms with van der Waals surface area (Å²) < 4.78 is 50.5. The molecule has 0 heterocycles. The zero-order chi connectivity index (χ0) is 15.3. The molecule has 2 aliphatic rings. The summed E-state index contributed by atoms with van der Waals surface area (Å²) in [6, 6.07) is 4.27. The second kappa shape index (κ2) is 4.51. The third-order valence-electron chi connectivity index (χ3n) is 4.89. The van der Waals surface area contributed by atoms with Crippen LogP contribution in [0.5, 0.6) is 0 Å². The number of hydrogen-bond acceptors (Lipinski definition) is 3. The number of hydrogen-bond donors (Lipinski definition) is 0. The predicted octanol–water partition coefficient (Wildman–Crippen LogP) is 3.36. The van der Waals surface area contributed by atoms with E-state index in [2.05, 4.69) is 0 Å². The van der Waals surface area contributed by atoms with Gasteiger partial charge in [-0.15, -0.1) is 0 Å². The van der Waals surface area contributed by atoms with Crippen LogP contribution in [0, 0.1) is 28.4 Å². The number of nitriles is 1. The summed E-state index contributed by atoms with van der Waals surface area (Å²) in [7, 11) is -4.13. The highest BCUT2D eigenvalue weighted by Crippen LogP contribution is 2.61. The van der Waals surface area contributed by atoms with E-state index in [0.29, 0.717) is 6.07 Å². The van der Waals surface area contributed by atoms with Gasteiger partial charge in [0.05, 0.1) is 6.07 Å². The highest BCUT2D eigenvalue weighted by molar-refractivity contribution is 7.93. The Morgan fingerprint density at radius 3 is 2.29 bits per heavy atom. The average Bonchev–Trinajstić information content (AvgIpc) is 2.84. The van der Waals surface area contributed by atoms with Gasteiger partial charge < -0.3 is 0 Å². The molecule has 0 radical (unpaired) electrons. The fourth-order valence-corrected chi connectivity index (χ4v) is 5.97. The Balaban J connectivity index is 2.00. The summed E-state index contributed by atoms with van der Waals surface area (Å²) in [5.41, 5.74) is -0.0701. The molecule has 21 heavy (non-hydrogen) atoms. The highest BCUT2D eigenvalue weighted by atomic mass is 32.2. The molecule has 2 fully saturated rings. The highest BCUT2D eigenvalue weighted by Gasteiger charge is 2.63. The fraction of sp³-hybridized carbons (Fsp3) is 0.533. The Kier molecular flexibility index (Phi) is 3.10. The van der Waals surface area contributed by atoms with E-state index in [0.717, 1.165) is 37.8 Å². The summed E-state index contributed by atoms with van der Waals surface area (Å²) >= 11 is 0. The minimum absolute atomic E-state index is 0.0701. The van der Waals surface area contributed by atoms with E-state index >= 15 is 0 Å². The molecule has 0 N–H and O–H groups in total. The van der Waals surface area contributed by atoms with Gasteiger partial charge in [-0.25, -0.2) is 17.2 Å². The Labute approximate surface area is 122 Å². The van der Waals surface area contributed by atoms with Crippen molar-refractivity contribution in [2.75, 3.05) is 0 Å². The van der Waals surface area contributed by atoms with Crippen LogP contribution in [0.1, 0.15) is 38.5 Å². The number of benzene rings is 1. The quantitative estimate of drug-likeness (QED) is 0.787. The first-order chi connectivity index (χ1) is 9.84. The summed E-state index contributed by atoms with van der Waals surface area (Å²) in [5.74, 6) is -1.96. The van der Waals surface area contributed by atoms with E-state index in [1.807, 2.05) is 6.07 Å². The molecule has 0 amide bonds. The van der Waals surface area contributed by atoms with Crippen molar-refractivity contribution in [3.05, 3.63) is 29.8 Å². The largest absolute Gasteiger partial charge is 0.222 e. The van der Waals surface area contributed by atoms with Gasteiger partial charge in [-0.3, -0.25) is 0 Å². The molecule has 0 aromatic heterocycles. The molecule has 1 aromatic rings. The van der Waals surface area contributed by atoms with Crippen molar-refractivity contribution in [3.63, 3.8) is 0 Å². The molecule has 0 atom stereocenters. The first-order valence-corrected chi connectivity index (χ1v) is 8.44. The zero-order valence-electron chi connectivity index (χ0n) is 11.4. The minimum Gasteiger partial charge on any atom is -0.222 e. The maximum Gasteiger partial charge on any atom is 0.200 e. The van der Waals surface area contributed by atoms with Gasteiger partial charge in [0.15, 0.2) is 14.6 Å². The van der Waals surface area contributed by atoms with E-state index in [9.17, 15) is 22.5 Å². The molecule has 0 unspecified atom stereocenters. The number of nitrogens with zero attached hydrogens (tertiary/aromatic N) is 1. The molecule has 2 aliphatic carbocycles. The Morgan fingerprint density at radius 1 is 1.14 bits per heavy atom. The van der Waals surface area contributed by atoms with E-state index < -0.39 is 31.1 Å². The predicted molar refractivity (Wildman–Crippen MR) is 72.0 cm³/mol. The van der Waals surface area contributed by atoms with Gasteiger partial charge >= 0.3 is 0 Å². The van der Waals surface area contributed by atoms with Crippen molar-refractivity contribution >= 4 is 9.84 Å². The molecule has 1 spiro atoms. The molecule has 0 bridgehead atoms. The van der Waals surface area contributed by atoms with Crippen molar-refractivity contribution in [1.29, 1.82) is 5.26 Å². The summed E-state index contributed by atoms with van der Waals surface area (Å²) in [6.45, 7) is 0. The molecule has 6 heteroatoms. The van der Waals surface area contributed by atoms with E-state index in [1.165, 1.54) is 0 Å². The van der Waals surface area contributed by atoms with E-state index in [4.69, 9.17) is 0 Å². The van der Waals surface area contributed by atoms with Crippen LogP contribution in [-0.2, 0) is 9.84 Å². The molecule has 112 valence electrons. The Bertz CT molecular complexity index is 723. The smallest absolute Gasteiger partial charge is 0.200 e. The standard InChI is InChI=1S/C15H15F2NO2S/c16-11-3-4-13(12(17)7-11)21(19,20)15(10-18)8-14(9-15)5-1-2-6-14/h3-4,7H,1-2,5-6,8-9H2. The van der Waals surface area contributed by atoms with Gasteiger partial charge in [0.25, 0.3) is 0 Å². The Morgan fingerprint density at radius 2 is 1.76 bits per heavy atom. The molecule has 2 saturated carbocycles. The lowest BCUT2D eigenvalue weighted by molar-refractivity contribution is 0.112. The lowest BCUT2D eigenvalue weighted by Crippen LogP contribution is -2.54. The summed E-state index contributed by atoms with van der Waals surface area (Å²) in [5, 5.41) is 9.40. The van der Waals surface area contributed by atoms with Crippen LogP contribution >= 0.6 is 0 Å². The SMILES string of the molecule is N#CC1(S(=O)(=O)c2ccc(F)cc2F)CC2(CCCC2)C1. The van der Waals surface area contributed by atoms with E-state index in [-0.39, 0.29) is 18.3 Å². The summed E-state index contributed by atoms with van der Waals surface area (Å²) in [4.78, 5) is -0.571. The first kappa shape index (κ1) is 14.5. The van der Waals surface area contributed by atoms with Gasteiger partial charge in [0.2, 0.25) is 0 Å². The van der Waals surface area contributed by atoms with Gasteiger partial charge in [0, 0.05) is 6.07 Å². The topological polar surface area (TPSA) is 57.9 Å². The zero-order valence-corrected chi connectivity index (χ0v) is 12.2. The van der Waals surface area contributed by atoms with Crippen molar-refractivity contribution in [2.24, 2.45) is 5.41 Å². The van der Waals surface area contributed by atoms with Crippen molar-refractivity contribution in [2.45, 2.75) is 48.2 Å². The lowest BCUT2D eigenvalue weighted by atomic mass is 9.61.